The summed E-state index contributed by atoms with van der Waals surface area (Å²) in [7, 11) is 1.88. The van der Waals surface area contributed by atoms with Gasteiger partial charge in [-0.15, -0.1) is 0 Å². The maximum atomic E-state index is 11.5. The van der Waals surface area contributed by atoms with E-state index in [0.29, 0.717) is 18.7 Å². The molecule has 2 fully saturated rings. The molecule has 2 aliphatic heterocycles. The van der Waals surface area contributed by atoms with Crippen LogP contribution in [0.5, 0.6) is 0 Å². The van der Waals surface area contributed by atoms with Gasteiger partial charge in [-0.05, 0) is 49.3 Å². The Bertz CT molecular complexity index is 1510. The molecule has 1 spiro atoms. The SMILES string of the molecule is Cn1cc(-c2cc(-c3ccc(N4CCC5(CCCN(C(=O)O)C5)CC4)nc3)c3c(C#N)cnn3c2)cn1. The van der Waals surface area contributed by atoms with E-state index in [1.54, 1.807) is 20.3 Å². The lowest BCUT2D eigenvalue weighted by Crippen LogP contribution is -2.51. The molecule has 4 aromatic rings. The molecule has 37 heavy (non-hydrogen) atoms. The number of amides is 1. The van der Waals surface area contributed by atoms with Crippen LogP contribution in [0.2, 0.25) is 0 Å². The number of carboxylic acid groups (broad SMARTS) is 1. The van der Waals surface area contributed by atoms with Crippen molar-refractivity contribution in [1.29, 1.82) is 5.26 Å². The number of hydrogen-bond donors (Lipinski definition) is 1. The Kier molecular flexibility index (Phi) is 5.56. The minimum atomic E-state index is -0.807. The highest BCUT2D eigenvalue weighted by atomic mass is 16.4. The lowest BCUT2D eigenvalue weighted by molar-refractivity contribution is 0.0613. The summed E-state index contributed by atoms with van der Waals surface area (Å²) in [6, 6.07) is 8.41. The van der Waals surface area contributed by atoms with Gasteiger partial charge in [-0.25, -0.2) is 14.3 Å². The Hall–Kier alpha value is -4.39. The molecule has 2 saturated heterocycles. The maximum Gasteiger partial charge on any atom is 0.407 e. The normalized spacial score (nSPS) is 17.3. The second kappa shape index (κ2) is 8.92. The van der Waals surface area contributed by atoms with Gasteiger partial charge in [-0.1, -0.05) is 0 Å². The van der Waals surface area contributed by atoms with Crippen LogP contribution in [0.1, 0.15) is 31.2 Å². The third-order valence-corrected chi connectivity index (χ3v) is 7.91. The zero-order valence-corrected chi connectivity index (χ0v) is 20.7. The van der Waals surface area contributed by atoms with E-state index < -0.39 is 6.09 Å². The second-order valence-electron chi connectivity index (χ2n) is 10.2. The zero-order chi connectivity index (χ0) is 25.6. The van der Waals surface area contributed by atoms with E-state index >= 15 is 0 Å². The first kappa shape index (κ1) is 23.0. The molecule has 10 nitrogen and oxygen atoms in total. The van der Waals surface area contributed by atoms with Crippen molar-refractivity contribution < 1.29 is 9.90 Å². The molecule has 10 heteroatoms. The summed E-state index contributed by atoms with van der Waals surface area (Å²) < 4.78 is 3.51. The number of fused-ring (bicyclic) bond motifs is 1. The number of rotatable bonds is 3. The minimum absolute atomic E-state index is 0.0844. The van der Waals surface area contributed by atoms with E-state index in [4.69, 9.17) is 4.98 Å². The van der Waals surface area contributed by atoms with Crippen LogP contribution in [0.3, 0.4) is 0 Å². The summed E-state index contributed by atoms with van der Waals surface area (Å²) in [5, 5.41) is 27.8. The highest BCUT2D eigenvalue weighted by molar-refractivity contribution is 5.87. The van der Waals surface area contributed by atoms with Crippen LogP contribution in [0.25, 0.3) is 27.8 Å². The van der Waals surface area contributed by atoms with Crippen molar-refractivity contribution in [3.8, 4) is 28.3 Å². The van der Waals surface area contributed by atoms with Gasteiger partial charge in [0.15, 0.2) is 0 Å². The number of piperidine rings is 2. The average Bonchev–Trinajstić information content (AvgIpc) is 3.55. The molecule has 6 heterocycles. The first-order valence-electron chi connectivity index (χ1n) is 12.5. The van der Waals surface area contributed by atoms with Crippen molar-refractivity contribution in [2.75, 3.05) is 31.1 Å². The quantitative estimate of drug-likeness (QED) is 0.455. The van der Waals surface area contributed by atoms with Gasteiger partial charge in [-0.3, -0.25) is 4.68 Å². The fourth-order valence-corrected chi connectivity index (χ4v) is 5.87. The monoisotopic (exact) mass is 496 g/mol. The molecule has 4 aromatic heterocycles. The van der Waals surface area contributed by atoms with Gasteiger partial charge in [0.1, 0.15) is 11.9 Å². The Morgan fingerprint density at radius 2 is 1.86 bits per heavy atom. The van der Waals surface area contributed by atoms with Crippen LogP contribution in [0, 0.1) is 16.7 Å². The number of carbonyl (C=O) groups is 1. The summed E-state index contributed by atoms with van der Waals surface area (Å²) in [6.07, 6.45) is 12.3. The summed E-state index contributed by atoms with van der Waals surface area (Å²) in [5.74, 6) is 0.915. The van der Waals surface area contributed by atoms with Crippen molar-refractivity contribution in [2.45, 2.75) is 25.7 Å². The molecule has 0 aromatic carbocycles. The van der Waals surface area contributed by atoms with Gasteiger partial charge < -0.3 is 14.9 Å². The number of hydrogen-bond acceptors (Lipinski definition) is 6. The van der Waals surface area contributed by atoms with Gasteiger partial charge in [-0.2, -0.15) is 15.5 Å². The van der Waals surface area contributed by atoms with Crippen molar-refractivity contribution in [2.24, 2.45) is 12.5 Å². The molecule has 0 unspecified atom stereocenters. The fourth-order valence-electron chi connectivity index (χ4n) is 5.87. The maximum absolute atomic E-state index is 11.5. The van der Waals surface area contributed by atoms with Gasteiger partial charge in [0, 0.05) is 74.1 Å². The lowest BCUT2D eigenvalue weighted by Gasteiger charge is -2.47. The molecule has 0 atom stereocenters. The van der Waals surface area contributed by atoms with Gasteiger partial charge >= 0.3 is 6.09 Å². The number of nitrogens with zero attached hydrogens (tertiary/aromatic N) is 8. The third kappa shape index (κ3) is 4.16. The van der Waals surface area contributed by atoms with Gasteiger partial charge in [0.2, 0.25) is 0 Å². The van der Waals surface area contributed by atoms with Crippen LogP contribution in [-0.2, 0) is 7.05 Å². The number of aryl methyl sites for hydroxylation is 1. The lowest BCUT2D eigenvalue weighted by atomic mass is 9.72. The zero-order valence-electron chi connectivity index (χ0n) is 20.7. The van der Waals surface area contributed by atoms with E-state index in [2.05, 4.69) is 33.3 Å². The minimum Gasteiger partial charge on any atom is -0.465 e. The number of nitriles is 1. The highest BCUT2D eigenvalue weighted by Gasteiger charge is 2.39. The first-order chi connectivity index (χ1) is 17.9. The molecule has 0 radical (unpaired) electrons. The molecule has 188 valence electrons. The summed E-state index contributed by atoms with van der Waals surface area (Å²) in [6.45, 7) is 3.01. The van der Waals surface area contributed by atoms with Crippen molar-refractivity contribution in [3.63, 3.8) is 0 Å². The number of anilines is 1. The van der Waals surface area contributed by atoms with Crippen LogP contribution in [0.15, 0.2) is 49.2 Å². The summed E-state index contributed by atoms with van der Waals surface area (Å²) in [4.78, 5) is 20.2. The van der Waals surface area contributed by atoms with Crippen LogP contribution in [-0.4, -0.2) is 66.7 Å². The van der Waals surface area contributed by atoms with E-state index in [0.717, 1.165) is 72.4 Å². The fraction of sp³-hybridized carbons (Fsp3) is 0.370. The number of likely N-dealkylation sites (tertiary alicyclic amines) is 1. The van der Waals surface area contributed by atoms with Crippen LogP contribution >= 0.6 is 0 Å². The summed E-state index contributed by atoms with van der Waals surface area (Å²) in [5.41, 5.74) is 5.08. The average molecular weight is 497 g/mol. The van der Waals surface area contributed by atoms with Gasteiger partial charge in [0.25, 0.3) is 0 Å². The standard InChI is InChI=1S/C27H28N8O2/c1-32-16-22(15-30-32)20-11-23(25-21(12-28)14-31-35(25)17-20)19-3-4-24(29-13-19)33-9-6-27(7-10-33)5-2-8-34(18-27)26(36)37/h3-4,11,13-17H,2,5-10,18H2,1H3,(H,36,37). The third-order valence-electron chi connectivity index (χ3n) is 7.91. The number of pyridine rings is 2. The number of aromatic nitrogens is 5. The van der Waals surface area contributed by atoms with Gasteiger partial charge in [0.05, 0.1) is 23.5 Å². The summed E-state index contributed by atoms with van der Waals surface area (Å²) >= 11 is 0. The molecule has 0 saturated carbocycles. The first-order valence-corrected chi connectivity index (χ1v) is 12.5. The molecule has 1 N–H and O–H groups in total. The molecule has 0 aliphatic carbocycles. The largest absolute Gasteiger partial charge is 0.465 e. The van der Waals surface area contributed by atoms with E-state index in [1.165, 1.54) is 0 Å². The molecule has 1 amide bonds. The molecular formula is C27H28N8O2. The predicted molar refractivity (Wildman–Crippen MR) is 138 cm³/mol. The molecule has 0 bridgehead atoms. The Morgan fingerprint density at radius 1 is 1.03 bits per heavy atom. The van der Waals surface area contributed by atoms with Crippen molar-refractivity contribution in [3.05, 3.63) is 54.7 Å². The smallest absolute Gasteiger partial charge is 0.407 e. The van der Waals surface area contributed by atoms with E-state index in [1.807, 2.05) is 37.9 Å². The highest BCUT2D eigenvalue weighted by Crippen LogP contribution is 2.41. The van der Waals surface area contributed by atoms with E-state index in [-0.39, 0.29) is 5.41 Å². The van der Waals surface area contributed by atoms with Crippen LogP contribution < -0.4 is 4.90 Å². The van der Waals surface area contributed by atoms with Crippen LogP contribution in [0.4, 0.5) is 10.6 Å². The van der Waals surface area contributed by atoms with Crippen molar-refractivity contribution >= 4 is 17.4 Å². The Balaban J connectivity index is 1.27. The molecular weight excluding hydrogens is 468 g/mol. The molecule has 2 aliphatic rings. The Labute approximate surface area is 214 Å². The second-order valence-corrected chi connectivity index (χ2v) is 10.2. The Morgan fingerprint density at radius 3 is 2.54 bits per heavy atom. The topological polar surface area (TPSA) is 116 Å². The van der Waals surface area contributed by atoms with Crippen molar-refractivity contribution in [1.82, 2.24) is 29.3 Å². The molecule has 6 rings (SSSR count). The predicted octanol–water partition coefficient (Wildman–Crippen LogP) is 4.03. The van der Waals surface area contributed by atoms with E-state index in [9.17, 15) is 15.2 Å².